The van der Waals surface area contributed by atoms with Crippen molar-refractivity contribution in [1.82, 2.24) is 4.90 Å². The zero-order chi connectivity index (χ0) is 29.2. The number of nitrogens with zero attached hydrogens (tertiary/aromatic N) is 1. The zero-order valence-corrected chi connectivity index (χ0v) is 26.4. The van der Waals surface area contributed by atoms with Crippen molar-refractivity contribution in [3.63, 3.8) is 0 Å². The summed E-state index contributed by atoms with van der Waals surface area (Å²) in [6.45, 7) is 13.8. The van der Waals surface area contributed by atoms with Crippen molar-refractivity contribution in [1.29, 1.82) is 0 Å². The fourth-order valence-electron chi connectivity index (χ4n) is 6.71. The normalized spacial score (nSPS) is 20.6. The highest BCUT2D eigenvalue weighted by Crippen LogP contribution is 2.55. The van der Waals surface area contributed by atoms with Gasteiger partial charge in [0.2, 0.25) is 0 Å². The van der Waals surface area contributed by atoms with Crippen LogP contribution >= 0.6 is 11.6 Å². The number of hydrogen-bond acceptors (Lipinski definition) is 5. The molecule has 3 aliphatic rings. The third-order valence-corrected chi connectivity index (χ3v) is 8.87. The minimum absolute atomic E-state index is 0.116. The van der Waals surface area contributed by atoms with E-state index in [1.807, 2.05) is 26.1 Å². The van der Waals surface area contributed by atoms with Crippen LogP contribution in [0.3, 0.4) is 0 Å². The Bertz CT molecular complexity index is 1150. The maximum absolute atomic E-state index is 13.8. The molecule has 0 spiro atoms. The molecule has 1 aromatic rings. The topological polar surface area (TPSA) is 55.8 Å². The third kappa shape index (κ3) is 6.45. The van der Waals surface area contributed by atoms with Crippen molar-refractivity contribution in [2.45, 2.75) is 112 Å². The molecule has 1 heterocycles. The number of benzene rings is 1. The van der Waals surface area contributed by atoms with Gasteiger partial charge in [0, 0.05) is 48.3 Å². The summed E-state index contributed by atoms with van der Waals surface area (Å²) in [7, 11) is 2.03. The molecule has 0 unspecified atom stereocenters. The molecular weight excluding hydrogens is 522 g/mol. The molecule has 220 valence electrons. The first kappa shape index (κ1) is 30.7. The minimum atomic E-state index is -0.447. The molecule has 40 heavy (non-hydrogen) atoms. The van der Waals surface area contributed by atoms with Crippen LogP contribution in [0.4, 0.5) is 0 Å². The Hall–Kier alpha value is -2.27. The van der Waals surface area contributed by atoms with Crippen molar-refractivity contribution in [2.75, 3.05) is 20.3 Å². The fourth-order valence-corrected chi connectivity index (χ4v) is 6.99. The van der Waals surface area contributed by atoms with E-state index in [1.54, 1.807) is 0 Å². The van der Waals surface area contributed by atoms with Crippen LogP contribution in [0.25, 0.3) is 0 Å². The molecule has 0 N–H and O–H groups in total. The molecule has 0 atom stereocenters. The van der Waals surface area contributed by atoms with E-state index in [4.69, 9.17) is 21.1 Å². The van der Waals surface area contributed by atoms with Gasteiger partial charge in [-0.25, -0.2) is 0 Å². The molecule has 0 radical (unpaired) electrons. The number of carbonyl (C=O) groups is 2. The van der Waals surface area contributed by atoms with Gasteiger partial charge in [-0.05, 0) is 54.7 Å². The first-order valence-electron chi connectivity index (χ1n) is 15.2. The van der Waals surface area contributed by atoms with E-state index in [0.717, 1.165) is 53.8 Å². The van der Waals surface area contributed by atoms with E-state index >= 15 is 0 Å². The average molecular weight is 570 g/mol. The lowest BCUT2D eigenvalue weighted by molar-refractivity contribution is -0.119. The number of ether oxygens (including phenoxy) is 2. The second-order valence-corrected chi connectivity index (χ2v) is 13.9. The third-order valence-electron chi connectivity index (χ3n) is 8.59. The van der Waals surface area contributed by atoms with E-state index in [1.165, 1.54) is 25.7 Å². The Morgan fingerprint density at radius 3 is 1.93 bits per heavy atom. The van der Waals surface area contributed by atoms with Gasteiger partial charge in [0.15, 0.2) is 23.1 Å². The molecule has 0 saturated carbocycles. The smallest absolute Gasteiger partial charge is 0.179 e. The van der Waals surface area contributed by atoms with Crippen LogP contribution in [0.15, 0.2) is 34.7 Å². The molecule has 6 heteroatoms. The summed E-state index contributed by atoms with van der Waals surface area (Å²) in [5.74, 6) is 0.906. The standard InChI is InChI=1S/C34H48ClNO4/c1-8-10-11-12-13-14-15-40-32-23(35)16-22(17-28(32)39-9-2)29-30-24(18-33(3,4)20-26(30)37)36(7)25-19-34(5,6)21-27(38)31(25)29/h16-17,29H,8-15,18-21H2,1-7H3. The summed E-state index contributed by atoms with van der Waals surface area (Å²) in [5, 5.41) is 0.460. The van der Waals surface area contributed by atoms with Gasteiger partial charge in [0.25, 0.3) is 0 Å². The Labute approximate surface area is 246 Å². The van der Waals surface area contributed by atoms with E-state index in [9.17, 15) is 9.59 Å². The van der Waals surface area contributed by atoms with Crippen LogP contribution in [0.5, 0.6) is 11.5 Å². The molecule has 0 saturated heterocycles. The molecule has 0 amide bonds. The molecule has 5 nitrogen and oxygen atoms in total. The maximum Gasteiger partial charge on any atom is 0.179 e. The minimum Gasteiger partial charge on any atom is -0.490 e. The van der Waals surface area contributed by atoms with Gasteiger partial charge >= 0.3 is 0 Å². The van der Waals surface area contributed by atoms with E-state index in [2.05, 4.69) is 39.5 Å². The van der Waals surface area contributed by atoms with Crippen LogP contribution in [-0.2, 0) is 9.59 Å². The van der Waals surface area contributed by atoms with Gasteiger partial charge in [-0.1, -0.05) is 78.3 Å². The van der Waals surface area contributed by atoms with Gasteiger partial charge in [0.1, 0.15) is 0 Å². The highest BCUT2D eigenvalue weighted by atomic mass is 35.5. The van der Waals surface area contributed by atoms with Crippen molar-refractivity contribution in [2.24, 2.45) is 10.8 Å². The molecular formula is C34H48ClNO4. The number of Topliss-reactive ketones (excluding diaryl/α,β-unsaturated/α-hetero) is 2. The van der Waals surface area contributed by atoms with Crippen molar-refractivity contribution >= 4 is 23.2 Å². The number of carbonyl (C=O) groups excluding carboxylic acids is 2. The van der Waals surface area contributed by atoms with Crippen LogP contribution in [0, 0.1) is 10.8 Å². The molecule has 1 aromatic carbocycles. The summed E-state index contributed by atoms with van der Waals surface area (Å²) < 4.78 is 12.2. The summed E-state index contributed by atoms with van der Waals surface area (Å²) >= 11 is 6.90. The lowest BCUT2D eigenvalue weighted by Gasteiger charge is -2.48. The predicted molar refractivity (Wildman–Crippen MR) is 162 cm³/mol. The largest absolute Gasteiger partial charge is 0.490 e. The number of ketones is 2. The molecule has 0 bridgehead atoms. The molecule has 0 aromatic heterocycles. The number of unbranched alkanes of at least 4 members (excludes halogenated alkanes) is 5. The molecule has 4 rings (SSSR count). The van der Waals surface area contributed by atoms with Crippen LogP contribution in [0.2, 0.25) is 5.02 Å². The number of hydrogen-bond donors (Lipinski definition) is 0. The molecule has 2 aliphatic carbocycles. The monoisotopic (exact) mass is 569 g/mol. The summed E-state index contributed by atoms with van der Waals surface area (Å²) in [5.41, 5.74) is 4.11. The fraction of sp³-hybridized carbons (Fsp3) is 0.647. The van der Waals surface area contributed by atoms with E-state index in [0.29, 0.717) is 42.6 Å². The molecule has 0 fully saturated rings. The zero-order valence-electron chi connectivity index (χ0n) is 25.7. The highest BCUT2D eigenvalue weighted by Gasteiger charge is 2.48. The predicted octanol–water partition coefficient (Wildman–Crippen LogP) is 8.79. The Morgan fingerprint density at radius 1 is 0.825 bits per heavy atom. The lowest BCUT2D eigenvalue weighted by atomic mass is 9.63. The van der Waals surface area contributed by atoms with Gasteiger partial charge in [-0.15, -0.1) is 0 Å². The van der Waals surface area contributed by atoms with Crippen molar-refractivity contribution in [3.8, 4) is 11.5 Å². The van der Waals surface area contributed by atoms with Gasteiger partial charge < -0.3 is 14.4 Å². The Morgan fingerprint density at radius 2 is 1.38 bits per heavy atom. The highest BCUT2D eigenvalue weighted by molar-refractivity contribution is 6.32. The molecule has 1 aliphatic heterocycles. The SMILES string of the molecule is CCCCCCCCOc1c(Cl)cc(C2C3=C(CC(C)(C)CC3=O)N(C)C3=C2C(=O)CC(C)(C)C3)cc1OCC. The Kier molecular flexibility index (Phi) is 9.44. The second kappa shape index (κ2) is 12.3. The summed E-state index contributed by atoms with van der Waals surface area (Å²) in [6, 6.07) is 3.85. The second-order valence-electron chi connectivity index (χ2n) is 13.5. The first-order chi connectivity index (χ1) is 18.9. The van der Waals surface area contributed by atoms with Gasteiger partial charge in [-0.2, -0.15) is 0 Å². The van der Waals surface area contributed by atoms with Crippen LogP contribution in [-0.4, -0.2) is 36.7 Å². The van der Waals surface area contributed by atoms with Crippen LogP contribution < -0.4 is 9.47 Å². The number of rotatable bonds is 11. The number of halogens is 1. The van der Waals surface area contributed by atoms with E-state index in [-0.39, 0.29) is 22.4 Å². The van der Waals surface area contributed by atoms with Crippen LogP contribution in [0.1, 0.15) is 117 Å². The maximum atomic E-state index is 13.8. The van der Waals surface area contributed by atoms with Gasteiger partial charge in [-0.3, -0.25) is 9.59 Å². The average Bonchev–Trinajstić information content (AvgIpc) is 2.85. The summed E-state index contributed by atoms with van der Waals surface area (Å²) in [6.07, 6.45) is 9.57. The van der Waals surface area contributed by atoms with E-state index < -0.39 is 5.92 Å². The summed E-state index contributed by atoms with van der Waals surface area (Å²) in [4.78, 5) is 29.8. The first-order valence-corrected chi connectivity index (χ1v) is 15.6. The Balaban J connectivity index is 1.75. The van der Waals surface area contributed by atoms with Crippen molar-refractivity contribution < 1.29 is 19.1 Å². The van der Waals surface area contributed by atoms with Gasteiger partial charge in [0.05, 0.1) is 18.2 Å². The number of allylic oxidation sites excluding steroid dienone is 4. The lowest BCUT2D eigenvalue weighted by Crippen LogP contribution is -2.43. The quantitative estimate of drug-likeness (QED) is 0.249. The van der Waals surface area contributed by atoms with Crippen molar-refractivity contribution in [3.05, 3.63) is 45.3 Å².